The van der Waals surface area contributed by atoms with Crippen molar-refractivity contribution in [3.8, 4) is 11.4 Å². The van der Waals surface area contributed by atoms with Gasteiger partial charge in [-0.05, 0) is 214 Å². The number of carbonyl (C=O) groups excluding carboxylic acids is 8. The summed E-state index contributed by atoms with van der Waals surface area (Å²) < 4.78 is 39.7. The van der Waals surface area contributed by atoms with Crippen LogP contribution in [-0.4, -0.2) is 190 Å². The number of carbonyl (C=O) groups is 16. The van der Waals surface area contributed by atoms with Gasteiger partial charge in [-0.1, -0.05) is 90.5 Å². The summed E-state index contributed by atoms with van der Waals surface area (Å²) in [5.74, 6) is -13.3. The van der Waals surface area contributed by atoms with Gasteiger partial charge in [0.1, 0.15) is 5.75 Å². The number of nitrogens with one attached hydrogen (secondary N) is 7. The lowest BCUT2D eigenvalue weighted by molar-refractivity contribution is -0.138. The highest BCUT2D eigenvalue weighted by molar-refractivity contribution is 6.34. The number of aliphatic carboxylic acids is 8. The van der Waals surface area contributed by atoms with Crippen molar-refractivity contribution in [2.24, 2.45) is 0 Å². The molecule has 9 aromatic carbocycles. The highest BCUT2D eigenvalue weighted by Crippen LogP contribution is 2.34. The number of phenols is 1. The lowest BCUT2D eigenvalue weighted by atomic mass is 10.1. The summed E-state index contributed by atoms with van der Waals surface area (Å²) in [6, 6.07) is 60.0. The fourth-order valence-corrected chi connectivity index (χ4v) is 12.5. The predicted octanol–water partition coefficient (Wildman–Crippen LogP) is 15.7. The largest absolute Gasteiger partial charge is 0.508 e. The molecule has 10 aromatic rings. The first-order valence-corrected chi connectivity index (χ1v) is 43.1. The van der Waals surface area contributed by atoms with Crippen LogP contribution in [0.1, 0.15) is 52.6 Å². The second-order valence-corrected chi connectivity index (χ2v) is 30.5. The maximum Gasteiger partial charge on any atom is 0.416 e. The number of halogens is 4. The Balaban J connectivity index is 0.000000289. The monoisotopic (exact) mass is 1980 g/mol. The second kappa shape index (κ2) is 60.1. The van der Waals surface area contributed by atoms with Crippen LogP contribution in [0.5, 0.6) is 5.75 Å². The summed E-state index contributed by atoms with van der Waals surface area (Å²) in [5, 5.41) is 96.1. The SMILES string of the molecule is Cc1ccc(Cl)c(NC(=O)/C=C\C(=O)O)c1.Cc1ccc(NC(=O)/C=C\C(=O)O)cc1C(F)(F)F.Cc1cccc(N2CCN(C(=O)/C=C\C(=O)O)CC2)c1.Cc1cccc(NC(=O)/C=C\C(=O)O)c1.Cc1cccc(NC(=O)/C=C\C(=O)O)c1.O=C(O)/C=C\C(=O)Nc1ccc(N2CCCCC2)cc1.O=C(O)/C=C\C(=O)Nc1cccc2ccc(O)cc12.O=C(O)/C=C\C(=O)Nc1ccccc1-n1cccc1. The number of hydrogen-bond donors (Lipinski definition) is 16. The van der Waals surface area contributed by atoms with E-state index in [4.69, 9.17) is 52.5 Å². The molecule has 0 unspecified atom stereocenters. The molecule has 1 aromatic heterocycles. The molecule has 0 radical (unpaired) electrons. The maximum absolute atomic E-state index is 12.6. The smallest absolute Gasteiger partial charge is 0.416 e. The number of phenolic OH excluding ortho intramolecular Hbond substituents is 1. The summed E-state index contributed by atoms with van der Waals surface area (Å²) >= 11 is 5.85. The zero-order chi connectivity index (χ0) is 106. The molecular formula is C103H101ClF3N11O25. The zero-order valence-corrected chi connectivity index (χ0v) is 78.0. The first-order valence-electron chi connectivity index (χ1n) is 42.7. The topological polar surface area (TPSA) is 554 Å². The van der Waals surface area contributed by atoms with Gasteiger partial charge in [0.25, 0.3) is 0 Å². The van der Waals surface area contributed by atoms with Gasteiger partial charge in [-0.25, -0.2) is 38.4 Å². The Morgan fingerprint density at radius 3 is 1.14 bits per heavy atom. The van der Waals surface area contributed by atoms with Crippen LogP contribution in [0.25, 0.3) is 16.5 Å². The lowest BCUT2D eigenvalue weighted by Gasteiger charge is -2.35. The molecule has 0 saturated carbocycles. The van der Waals surface area contributed by atoms with Gasteiger partial charge in [0.05, 0.1) is 27.6 Å². The number of piperazine rings is 1. The molecule has 143 heavy (non-hydrogen) atoms. The van der Waals surface area contributed by atoms with Crippen molar-refractivity contribution in [1.82, 2.24) is 9.47 Å². The van der Waals surface area contributed by atoms with E-state index in [1.54, 1.807) is 77.7 Å². The van der Waals surface area contributed by atoms with E-state index in [0.29, 0.717) is 63.7 Å². The molecule has 2 aliphatic rings. The molecule has 36 nitrogen and oxygen atoms in total. The minimum absolute atomic E-state index is 0.0339. The minimum atomic E-state index is -4.51. The van der Waals surface area contributed by atoms with Crippen molar-refractivity contribution in [3.05, 3.63) is 354 Å². The van der Waals surface area contributed by atoms with E-state index in [-0.39, 0.29) is 22.9 Å². The molecule has 0 aliphatic carbocycles. The Morgan fingerprint density at radius 1 is 0.315 bits per heavy atom. The normalized spacial score (nSPS) is 12.0. The van der Waals surface area contributed by atoms with Gasteiger partial charge < -0.3 is 102 Å². The van der Waals surface area contributed by atoms with Gasteiger partial charge in [-0.3, -0.25) is 38.4 Å². The molecule has 16 N–H and O–H groups in total. The van der Waals surface area contributed by atoms with E-state index in [9.17, 15) is 95.0 Å². The van der Waals surface area contributed by atoms with Crippen LogP contribution >= 0.6 is 11.6 Å². The summed E-state index contributed by atoms with van der Waals surface area (Å²) in [6.07, 6.45) is 16.8. The van der Waals surface area contributed by atoms with E-state index >= 15 is 0 Å². The van der Waals surface area contributed by atoms with E-state index in [0.717, 1.165) is 163 Å². The quantitative estimate of drug-likeness (QED) is 0.0224. The van der Waals surface area contributed by atoms with E-state index in [1.165, 1.54) is 49.9 Å². The summed E-state index contributed by atoms with van der Waals surface area (Å²) in [4.78, 5) is 179. The average Bonchev–Trinajstić information content (AvgIpc) is 1.67. The predicted molar refractivity (Wildman–Crippen MR) is 533 cm³/mol. The van der Waals surface area contributed by atoms with Crippen LogP contribution in [0.2, 0.25) is 5.02 Å². The molecule has 0 spiro atoms. The fraction of sp³-hybridized carbons (Fsp3) is 0.146. The van der Waals surface area contributed by atoms with E-state index in [2.05, 4.69) is 72.1 Å². The third-order valence-corrected chi connectivity index (χ3v) is 19.1. The number of nitrogens with zero attached hydrogens (tertiary/aromatic N) is 4. The van der Waals surface area contributed by atoms with E-state index < -0.39 is 101 Å². The van der Waals surface area contributed by atoms with Crippen LogP contribution in [0, 0.1) is 34.6 Å². The summed E-state index contributed by atoms with van der Waals surface area (Å²) in [6.45, 7) is 13.9. The van der Waals surface area contributed by atoms with Crippen LogP contribution in [0.4, 0.5) is 64.4 Å². The highest BCUT2D eigenvalue weighted by atomic mass is 35.5. The number of aromatic hydroxyl groups is 1. The minimum Gasteiger partial charge on any atom is -0.508 e. The van der Waals surface area contributed by atoms with Crippen LogP contribution in [-0.2, 0) is 82.9 Å². The van der Waals surface area contributed by atoms with Crippen molar-refractivity contribution in [2.75, 3.05) is 86.3 Å². The number of benzene rings is 9. The van der Waals surface area contributed by atoms with Gasteiger partial charge in [0.15, 0.2) is 0 Å². The fourth-order valence-electron chi connectivity index (χ4n) is 12.3. The van der Waals surface area contributed by atoms with Crippen molar-refractivity contribution in [3.63, 3.8) is 0 Å². The molecule has 8 amide bonds. The third-order valence-electron chi connectivity index (χ3n) is 18.8. The molecule has 12 rings (SSSR count). The number of rotatable bonds is 26. The number of hydrogen-bond acceptors (Lipinski definition) is 19. The molecule has 2 fully saturated rings. The number of amides is 8. The second-order valence-electron chi connectivity index (χ2n) is 30.1. The average molecular weight is 1990 g/mol. The Morgan fingerprint density at radius 2 is 0.692 bits per heavy atom. The Bertz CT molecular complexity index is 6360. The van der Waals surface area contributed by atoms with E-state index in [1.807, 2.05) is 129 Å². The van der Waals surface area contributed by atoms with Crippen LogP contribution < -0.4 is 47.0 Å². The lowest BCUT2D eigenvalue weighted by Crippen LogP contribution is -2.48. The first kappa shape index (κ1) is 115. The first-order chi connectivity index (χ1) is 67.8. The van der Waals surface area contributed by atoms with Crippen molar-refractivity contribution < 1.29 is 136 Å². The number of carboxylic acid groups (broad SMARTS) is 8. The number of aromatic nitrogens is 1. The number of anilines is 9. The van der Waals surface area contributed by atoms with Gasteiger partial charge in [0, 0.05) is 194 Å². The van der Waals surface area contributed by atoms with Crippen LogP contribution in [0.15, 0.2) is 316 Å². The molecule has 3 heterocycles. The molecule has 0 atom stereocenters. The molecule has 0 bridgehead atoms. The summed E-state index contributed by atoms with van der Waals surface area (Å²) in [5.41, 5.74) is 9.99. The zero-order valence-electron chi connectivity index (χ0n) is 77.2. The van der Waals surface area contributed by atoms with Crippen molar-refractivity contribution in [2.45, 2.75) is 60.1 Å². The molecule has 2 saturated heterocycles. The van der Waals surface area contributed by atoms with Crippen molar-refractivity contribution >= 4 is 169 Å². The van der Waals surface area contributed by atoms with Gasteiger partial charge >= 0.3 is 53.9 Å². The number of alkyl halides is 3. The number of fused-ring (bicyclic) bond motifs is 1. The Kier molecular flexibility index (Phi) is 48.3. The Labute approximate surface area is 821 Å². The molecule has 40 heteroatoms. The third kappa shape index (κ3) is 47.2. The number of piperidine rings is 1. The number of carboxylic acids is 8. The summed E-state index contributed by atoms with van der Waals surface area (Å²) in [7, 11) is 0. The number of aryl methyl sites for hydroxylation is 5. The van der Waals surface area contributed by atoms with Crippen LogP contribution in [0.3, 0.4) is 0 Å². The standard InChI is InChI=1S/2C15H18N2O3.C14H12N2O3.C14H11NO4.C12H10F3NO3.C11H10ClNO3.2C11H11NO3/c1-12-3-2-4-13(11-12)16-7-9-17(10-8-16)14(18)5-6-15(19)20;18-14(8-9-15(19)20)16-12-4-6-13(7-5-12)17-10-2-1-3-11-17;17-13(7-8-14(18)19)15-11-5-1-2-6-12(11)16-9-3-4-10-16;16-10-5-4-9-2-1-3-12(11(9)8-10)15-13(17)6-7-14(18)19;1-7-2-3-8(6-9(7)12(13,14)15)16-10(17)4-5-11(18)19;1-7-2-3-8(12)9(6-7)13-10(14)4-5-11(15)16;2*1-8-3-2-4-9(7-8)12-10(13)5-6-11(14)15/h2-6,11H,7-10H2,1H3,(H,19,20);4-9H,1-3,10-11H2,(H,16,18)(H,19,20);1-10H,(H,15,17)(H,18,19);1-8,16H,(H,15,17)(H,18,19);2-6H,1H3,(H,16,17)(H,18,19);2-6H,1H3,(H,13,14)(H,15,16);2*2-7H,1H3,(H,12,13)(H,14,15)/b6-5-;9-8-;8-7-;7-6-;2*5-4-;2*6-5-. The van der Waals surface area contributed by atoms with Gasteiger partial charge in [0.2, 0.25) is 47.3 Å². The molecule has 2 aliphatic heterocycles. The van der Waals surface area contributed by atoms with Crippen molar-refractivity contribution in [1.29, 1.82) is 0 Å². The number of para-hydroxylation sites is 2. The molecule has 746 valence electrons. The Hall–Kier alpha value is -18.6. The van der Waals surface area contributed by atoms with Gasteiger partial charge in [-0.2, -0.15) is 13.2 Å². The maximum atomic E-state index is 12.6. The highest BCUT2D eigenvalue weighted by Gasteiger charge is 2.33. The molecular weight excluding hydrogens is 1880 g/mol. The van der Waals surface area contributed by atoms with Gasteiger partial charge in [-0.15, -0.1) is 0 Å².